The van der Waals surface area contributed by atoms with E-state index in [1.165, 1.54) is 6.07 Å². The van der Waals surface area contributed by atoms with Gasteiger partial charge in [-0.2, -0.15) is 13.2 Å². The molecule has 3 amide bonds. The van der Waals surface area contributed by atoms with Gasteiger partial charge in [-0.3, -0.25) is 19.3 Å². The highest BCUT2D eigenvalue weighted by Crippen LogP contribution is 2.39. The largest absolute Gasteiger partial charge is 0.418 e. The van der Waals surface area contributed by atoms with Gasteiger partial charge in [0.1, 0.15) is 6.61 Å². The first-order valence-electron chi connectivity index (χ1n) is 11.2. The van der Waals surface area contributed by atoms with Crippen molar-refractivity contribution in [1.29, 1.82) is 0 Å². The van der Waals surface area contributed by atoms with Crippen LogP contribution in [-0.4, -0.2) is 61.0 Å². The number of primary amides is 1. The number of nitrogens with zero attached hydrogens (tertiary/aromatic N) is 2. The first kappa shape index (κ1) is 26.0. The highest BCUT2D eigenvalue weighted by Gasteiger charge is 2.41. The molecule has 2 fully saturated rings. The number of carbonyl (C=O) groups excluding carboxylic acids is 3. The number of nitrogens with one attached hydrogen (secondary N) is 1. The van der Waals surface area contributed by atoms with E-state index < -0.39 is 35.5 Å². The molecule has 1 saturated carbocycles. The summed E-state index contributed by atoms with van der Waals surface area (Å²) in [5.74, 6) is -2.23. The molecular formula is C23H31F3N4O4. The Morgan fingerprint density at radius 3 is 2.44 bits per heavy atom. The molecule has 1 aliphatic heterocycles. The van der Waals surface area contributed by atoms with Crippen LogP contribution in [0.25, 0.3) is 0 Å². The molecule has 1 aliphatic carbocycles. The molecule has 1 aromatic carbocycles. The second kappa shape index (κ2) is 9.91. The molecule has 3 N–H and O–H groups in total. The van der Waals surface area contributed by atoms with Crippen molar-refractivity contribution >= 4 is 29.1 Å². The molecule has 2 aliphatic rings. The number of alkyl halides is 3. The first-order chi connectivity index (χ1) is 15.8. The van der Waals surface area contributed by atoms with Crippen LogP contribution < -0.4 is 16.0 Å². The summed E-state index contributed by atoms with van der Waals surface area (Å²) in [5, 5.41) is 2.44. The standard InChI is InChI=1S/C23H31F3N4O4/c1-22(2,3)13-30(15-5-4-6-15)19(20(27)32)21(33)28-14-7-8-17(16(11-14)23(24,25)26)29-9-10-34-12-18(29)31/h7-8,11,15,19H,4-6,9-10,12-13H2,1-3H3,(H2,27,32)(H,28,33)/t19-/m0/s1. The van der Waals surface area contributed by atoms with Crippen molar-refractivity contribution in [3.8, 4) is 0 Å². The number of halogens is 3. The summed E-state index contributed by atoms with van der Waals surface area (Å²) in [6.45, 7) is 6.13. The predicted molar refractivity (Wildman–Crippen MR) is 120 cm³/mol. The number of rotatable bonds is 7. The van der Waals surface area contributed by atoms with Crippen LogP contribution in [0.15, 0.2) is 18.2 Å². The van der Waals surface area contributed by atoms with E-state index in [1.54, 1.807) is 4.90 Å². The van der Waals surface area contributed by atoms with E-state index in [-0.39, 0.29) is 42.6 Å². The van der Waals surface area contributed by atoms with Gasteiger partial charge in [-0.1, -0.05) is 27.2 Å². The van der Waals surface area contributed by atoms with Crippen molar-refractivity contribution in [3.63, 3.8) is 0 Å². The summed E-state index contributed by atoms with van der Waals surface area (Å²) in [5.41, 5.74) is 3.83. The molecule has 0 spiro atoms. The second-order valence-corrected chi connectivity index (χ2v) is 9.94. The van der Waals surface area contributed by atoms with Crippen molar-refractivity contribution in [2.45, 2.75) is 58.3 Å². The predicted octanol–water partition coefficient (Wildman–Crippen LogP) is 2.76. The molecule has 3 rings (SSSR count). The normalized spacial score (nSPS) is 18.6. The highest BCUT2D eigenvalue weighted by atomic mass is 19.4. The number of benzene rings is 1. The Morgan fingerprint density at radius 1 is 1.26 bits per heavy atom. The molecule has 188 valence electrons. The Labute approximate surface area is 196 Å². The van der Waals surface area contributed by atoms with Crippen LogP contribution in [0, 0.1) is 5.41 Å². The van der Waals surface area contributed by atoms with E-state index in [4.69, 9.17) is 10.5 Å². The van der Waals surface area contributed by atoms with Crippen molar-refractivity contribution < 1.29 is 32.3 Å². The van der Waals surface area contributed by atoms with Crippen LogP contribution in [0.3, 0.4) is 0 Å². The van der Waals surface area contributed by atoms with Crippen molar-refractivity contribution in [1.82, 2.24) is 4.90 Å². The van der Waals surface area contributed by atoms with Gasteiger partial charge in [0.15, 0.2) is 6.04 Å². The Hall–Kier alpha value is -2.66. The van der Waals surface area contributed by atoms with Crippen LogP contribution in [0.2, 0.25) is 0 Å². The van der Waals surface area contributed by atoms with Crippen molar-refractivity contribution in [2.24, 2.45) is 11.1 Å². The molecule has 34 heavy (non-hydrogen) atoms. The lowest BCUT2D eigenvalue weighted by Crippen LogP contribution is -2.59. The van der Waals surface area contributed by atoms with E-state index in [2.05, 4.69) is 5.32 Å². The lowest BCUT2D eigenvalue weighted by atomic mass is 9.86. The molecule has 1 atom stereocenters. The molecular weight excluding hydrogens is 453 g/mol. The Kier molecular flexibility index (Phi) is 7.56. The minimum Gasteiger partial charge on any atom is -0.370 e. The zero-order valence-corrected chi connectivity index (χ0v) is 19.6. The highest BCUT2D eigenvalue weighted by molar-refractivity contribution is 6.09. The average Bonchev–Trinajstić information content (AvgIpc) is 2.65. The maximum atomic E-state index is 13.8. The average molecular weight is 485 g/mol. The zero-order chi connectivity index (χ0) is 25.3. The third kappa shape index (κ3) is 6.06. The van der Waals surface area contributed by atoms with E-state index in [0.717, 1.165) is 36.3 Å². The number of nitrogens with two attached hydrogens (primary N) is 1. The lowest BCUT2D eigenvalue weighted by molar-refractivity contribution is -0.138. The molecule has 1 heterocycles. The van der Waals surface area contributed by atoms with Gasteiger partial charge < -0.3 is 20.7 Å². The smallest absolute Gasteiger partial charge is 0.370 e. The molecule has 0 bridgehead atoms. The third-order valence-corrected chi connectivity index (χ3v) is 5.90. The van der Waals surface area contributed by atoms with E-state index >= 15 is 0 Å². The lowest BCUT2D eigenvalue weighted by Gasteiger charge is -2.43. The van der Waals surface area contributed by atoms with Gasteiger partial charge in [-0.15, -0.1) is 0 Å². The minimum atomic E-state index is -4.78. The van der Waals surface area contributed by atoms with E-state index in [9.17, 15) is 27.6 Å². The Bertz CT molecular complexity index is 941. The number of hydrogen-bond donors (Lipinski definition) is 2. The number of amides is 3. The van der Waals surface area contributed by atoms with Crippen LogP contribution in [0.1, 0.15) is 45.6 Å². The van der Waals surface area contributed by atoms with Gasteiger partial charge in [0, 0.05) is 24.8 Å². The Morgan fingerprint density at radius 2 is 1.94 bits per heavy atom. The molecule has 0 radical (unpaired) electrons. The monoisotopic (exact) mass is 484 g/mol. The van der Waals surface area contributed by atoms with Crippen molar-refractivity contribution in [2.75, 3.05) is 36.5 Å². The van der Waals surface area contributed by atoms with Crippen LogP contribution in [0.4, 0.5) is 24.5 Å². The SMILES string of the molecule is CC(C)(C)CN(C1CCC1)[C@@H](C(N)=O)C(=O)Nc1ccc(N2CCOCC2=O)c(C(F)(F)F)c1. The quantitative estimate of drug-likeness (QED) is 0.579. The van der Waals surface area contributed by atoms with Crippen LogP contribution in [0.5, 0.6) is 0 Å². The second-order valence-electron chi connectivity index (χ2n) is 9.94. The van der Waals surface area contributed by atoms with Gasteiger partial charge in [-0.25, -0.2) is 0 Å². The topological polar surface area (TPSA) is 105 Å². The maximum Gasteiger partial charge on any atom is 0.418 e. The number of ether oxygens (including phenoxy) is 1. The molecule has 1 aromatic rings. The molecule has 0 unspecified atom stereocenters. The van der Waals surface area contributed by atoms with Crippen LogP contribution in [-0.2, 0) is 25.3 Å². The van der Waals surface area contributed by atoms with Gasteiger partial charge in [0.05, 0.1) is 17.9 Å². The maximum absolute atomic E-state index is 13.8. The van der Waals surface area contributed by atoms with Crippen LogP contribution >= 0.6 is 0 Å². The van der Waals surface area contributed by atoms with E-state index in [0.29, 0.717) is 6.54 Å². The number of hydrogen-bond acceptors (Lipinski definition) is 5. The summed E-state index contributed by atoms with van der Waals surface area (Å²) in [4.78, 5) is 40.3. The molecule has 0 aromatic heterocycles. The summed E-state index contributed by atoms with van der Waals surface area (Å²) in [6, 6.07) is 1.87. The van der Waals surface area contributed by atoms with Gasteiger partial charge >= 0.3 is 6.18 Å². The third-order valence-electron chi connectivity index (χ3n) is 5.90. The number of anilines is 2. The van der Waals surface area contributed by atoms with Gasteiger partial charge in [0.25, 0.3) is 11.8 Å². The fourth-order valence-electron chi connectivity index (χ4n) is 4.20. The minimum absolute atomic E-state index is 0.00270. The molecule has 1 saturated heterocycles. The first-order valence-corrected chi connectivity index (χ1v) is 11.2. The fourth-order valence-corrected chi connectivity index (χ4v) is 4.20. The van der Waals surface area contributed by atoms with Gasteiger partial charge in [0.2, 0.25) is 5.91 Å². The summed E-state index contributed by atoms with van der Waals surface area (Å²) in [7, 11) is 0. The summed E-state index contributed by atoms with van der Waals surface area (Å²) >= 11 is 0. The number of carbonyl (C=O) groups is 3. The summed E-state index contributed by atoms with van der Waals surface area (Å²) < 4.78 is 46.5. The molecule has 8 nitrogen and oxygen atoms in total. The molecule has 11 heteroatoms. The number of morpholine rings is 1. The van der Waals surface area contributed by atoms with E-state index in [1.807, 2.05) is 20.8 Å². The van der Waals surface area contributed by atoms with Gasteiger partial charge in [-0.05, 0) is 36.5 Å². The van der Waals surface area contributed by atoms with Crippen molar-refractivity contribution in [3.05, 3.63) is 23.8 Å². The Balaban J connectivity index is 1.89. The zero-order valence-electron chi connectivity index (χ0n) is 19.6. The fraction of sp³-hybridized carbons (Fsp3) is 0.609. The summed E-state index contributed by atoms with van der Waals surface area (Å²) in [6.07, 6.45) is -2.18.